The summed E-state index contributed by atoms with van der Waals surface area (Å²) in [4.78, 5) is 18.9. The molecule has 4 unspecified atom stereocenters. The van der Waals surface area contributed by atoms with E-state index in [9.17, 15) is 19.8 Å². The average Bonchev–Trinajstić information content (AvgIpc) is 2.46. The Bertz CT molecular complexity index is 544. The predicted molar refractivity (Wildman–Crippen MR) is 83.9 cm³/mol. The third kappa shape index (κ3) is 3.30. The van der Waals surface area contributed by atoms with Gasteiger partial charge in [-0.3, -0.25) is 9.59 Å². The summed E-state index contributed by atoms with van der Waals surface area (Å²) < 4.78 is 0. The van der Waals surface area contributed by atoms with Crippen LogP contribution >= 0.6 is 21.6 Å². The van der Waals surface area contributed by atoms with Crippen molar-refractivity contribution >= 4 is 33.5 Å². The minimum absolute atomic E-state index is 0.717. The Hall–Kier alpha value is -1.48. The first-order valence-corrected chi connectivity index (χ1v) is 8.43. The lowest BCUT2D eigenvalue weighted by atomic mass is 9.97. The summed E-state index contributed by atoms with van der Waals surface area (Å²) in [5.41, 5.74) is 0. The number of hydrogen-bond donors (Lipinski definition) is 4. The third-order valence-corrected chi connectivity index (χ3v) is 6.48. The van der Waals surface area contributed by atoms with Crippen molar-refractivity contribution in [3.63, 3.8) is 0 Å². The van der Waals surface area contributed by atoms with E-state index in [2.05, 4.69) is 0 Å². The lowest BCUT2D eigenvalue weighted by molar-refractivity contribution is -0.144. The summed E-state index contributed by atoms with van der Waals surface area (Å²) >= 11 is 0. The van der Waals surface area contributed by atoms with Crippen LogP contribution < -0.4 is 0 Å². The monoisotopic (exact) mass is 342 g/mol. The molecule has 0 heterocycles. The van der Waals surface area contributed by atoms with Crippen molar-refractivity contribution in [3.05, 3.63) is 48.6 Å². The second kappa shape index (κ2) is 6.33. The Morgan fingerprint density at radius 2 is 1.14 bits per heavy atom. The highest BCUT2D eigenvalue weighted by molar-refractivity contribution is 8.77. The normalized spacial score (nSPS) is 36.5. The van der Waals surface area contributed by atoms with E-state index in [1.165, 1.54) is 48.6 Å². The SMILES string of the molecule is O=C(O)C1C=CC=CC1(O)SSC1(O)C=CC=CC1C(=O)O. The Morgan fingerprint density at radius 1 is 0.773 bits per heavy atom. The molecule has 0 bridgehead atoms. The molecule has 0 aromatic carbocycles. The molecule has 0 spiro atoms. The molecule has 0 aromatic heterocycles. The van der Waals surface area contributed by atoms with Crippen molar-refractivity contribution in [1.29, 1.82) is 0 Å². The molecule has 118 valence electrons. The van der Waals surface area contributed by atoms with Crippen LogP contribution in [0.4, 0.5) is 0 Å². The predicted octanol–water partition coefficient (Wildman–Crippen LogP) is 1.40. The summed E-state index contributed by atoms with van der Waals surface area (Å²) in [7, 11) is 1.43. The van der Waals surface area contributed by atoms with Crippen LogP contribution in [-0.2, 0) is 9.59 Å². The fraction of sp³-hybridized carbons (Fsp3) is 0.286. The van der Waals surface area contributed by atoms with E-state index in [1.807, 2.05) is 0 Å². The van der Waals surface area contributed by atoms with E-state index in [0.717, 1.165) is 21.6 Å². The highest BCUT2D eigenvalue weighted by Crippen LogP contribution is 2.50. The molecule has 0 saturated heterocycles. The van der Waals surface area contributed by atoms with Crippen molar-refractivity contribution in [2.45, 2.75) is 9.87 Å². The van der Waals surface area contributed by atoms with Gasteiger partial charge >= 0.3 is 11.9 Å². The number of aliphatic hydroxyl groups is 2. The second-order valence-corrected chi connectivity index (χ2v) is 7.43. The maximum atomic E-state index is 11.2. The average molecular weight is 342 g/mol. The van der Waals surface area contributed by atoms with Crippen LogP contribution in [0.15, 0.2) is 48.6 Å². The van der Waals surface area contributed by atoms with Crippen molar-refractivity contribution in [2.24, 2.45) is 11.8 Å². The Labute approximate surface area is 134 Å². The number of carbonyl (C=O) groups is 2. The first-order chi connectivity index (χ1) is 10.3. The molecule has 0 saturated carbocycles. The molecule has 0 aliphatic heterocycles. The summed E-state index contributed by atoms with van der Waals surface area (Å²) in [5, 5.41) is 39.3. The molecule has 4 N–H and O–H groups in total. The minimum atomic E-state index is -1.78. The molecule has 2 aliphatic carbocycles. The van der Waals surface area contributed by atoms with Crippen molar-refractivity contribution in [1.82, 2.24) is 0 Å². The van der Waals surface area contributed by atoms with Crippen LogP contribution in [0.2, 0.25) is 0 Å². The molecular formula is C14H14O6S2. The van der Waals surface area contributed by atoms with Gasteiger partial charge in [0.1, 0.15) is 11.8 Å². The topological polar surface area (TPSA) is 115 Å². The quantitative estimate of drug-likeness (QED) is 0.438. The van der Waals surface area contributed by atoms with Gasteiger partial charge in [0, 0.05) is 0 Å². The van der Waals surface area contributed by atoms with E-state index in [-0.39, 0.29) is 0 Å². The summed E-state index contributed by atoms with van der Waals surface area (Å²) in [5.74, 6) is -4.80. The van der Waals surface area contributed by atoms with Gasteiger partial charge in [0.15, 0.2) is 9.87 Å². The third-order valence-electron chi connectivity index (χ3n) is 3.23. The highest BCUT2D eigenvalue weighted by Gasteiger charge is 2.46. The molecule has 0 radical (unpaired) electrons. The van der Waals surface area contributed by atoms with Gasteiger partial charge in [0.25, 0.3) is 0 Å². The standard InChI is InChI=1S/C14H14O6S2/c15-11(16)9-5-1-3-7-13(9,19)21-22-14(20)8-4-2-6-10(14)12(17)18/h1-10,19-20H,(H,15,16)(H,17,18). The van der Waals surface area contributed by atoms with Gasteiger partial charge in [-0.25, -0.2) is 0 Å². The Balaban J connectivity index is 2.17. The van der Waals surface area contributed by atoms with E-state index >= 15 is 0 Å². The largest absolute Gasteiger partial charge is 0.481 e. The summed E-state index contributed by atoms with van der Waals surface area (Å²) in [6, 6.07) is 0. The molecule has 22 heavy (non-hydrogen) atoms. The minimum Gasteiger partial charge on any atom is -0.481 e. The molecule has 0 aromatic rings. The summed E-state index contributed by atoms with van der Waals surface area (Å²) in [6.45, 7) is 0. The maximum absolute atomic E-state index is 11.2. The van der Waals surface area contributed by atoms with Gasteiger partial charge in [-0.05, 0) is 12.2 Å². The van der Waals surface area contributed by atoms with Gasteiger partial charge in [-0.15, -0.1) is 0 Å². The van der Waals surface area contributed by atoms with Crippen LogP contribution in [0, 0.1) is 11.8 Å². The molecule has 2 aliphatic rings. The second-order valence-electron chi connectivity index (χ2n) is 4.79. The number of hydrogen-bond acceptors (Lipinski definition) is 6. The number of allylic oxidation sites excluding steroid dienone is 4. The maximum Gasteiger partial charge on any atom is 0.314 e. The van der Waals surface area contributed by atoms with Crippen LogP contribution in [0.5, 0.6) is 0 Å². The van der Waals surface area contributed by atoms with E-state index in [4.69, 9.17) is 10.2 Å². The smallest absolute Gasteiger partial charge is 0.314 e. The van der Waals surface area contributed by atoms with Crippen molar-refractivity contribution in [2.75, 3.05) is 0 Å². The zero-order chi connectivity index (χ0) is 16.4. The lowest BCUT2D eigenvalue weighted by Crippen LogP contribution is -2.40. The van der Waals surface area contributed by atoms with Crippen LogP contribution in [-0.4, -0.2) is 42.2 Å². The van der Waals surface area contributed by atoms with Crippen molar-refractivity contribution in [3.8, 4) is 0 Å². The Kier molecular flexibility index (Phi) is 4.86. The van der Waals surface area contributed by atoms with E-state index in [1.54, 1.807) is 0 Å². The Morgan fingerprint density at radius 3 is 1.45 bits per heavy atom. The number of carboxylic acids is 2. The zero-order valence-electron chi connectivity index (χ0n) is 11.2. The fourth-order valence-corrected chi connectivity index (χ4v) is 4.89. The fourth-order valence-electron chi connectivity index (χ4n) is 2.03. The first-order valence-electron chi connectivity index (χ1n) is 6.28. The number of carboxylic acid groups (broad SMARTS) is 2. The molecule has 0 fully saturated rings. The number of rotatable bonds is 5. The number of aliphatic carboxylic acids is 2. The van der Waals surface area contributed by atoms with Crippen LogP contribution in [0.25, 0.3) is 0 Å². The first kappa shape index (κ1) is 16.9. The summed E-state index contributed by atoms with van der Waals surface area (Å²) in [6.07, 6.45) is 11.3. The van der Waals surface area contributed by atoms with Gasteiger partial charge < -0.3 is 20.4 Å². The molecular weight excluding hydrogens is 328 g/mol. The van der Waals surface area contributed by atoms with E-state index < -0.39 is 33.6 Å². The molecule has 4 atom stereocenters. The molecule has 8 heteroatoms. The van der Waals surface area contributed by atoms with E-state index in [0.29, 0.717) is 0 Å². The highest BCUT2D eigenvalue weighted by atomic mass is 33.1. The van der Waals surface area contributed by atoms with Crippen LogP contribution in [0.3, 0.4) is 0 Å². The van der Waals surface area contributed by atoms with Gasteiger partial charge in [0.2, 0.25) is 0 Å². The zero-order valence-corrected chi connectivity index (χ0v) is 12.8. The van der Waals surface area contributed by atoms with Gasteiger partial charge in [-0.1, -0.05) is 58.0 Å². The molecule has 6 nitrogen and oxygen atoms in total. The van der Waals surface area contributed by atoms with Crippen molar-refractivity contribution < 1.29 is 30.0 Å². The lowest BCUT2D eigenvalue weighted by Gasteiger charge is -2.35. The molecule has 2 rings (SSSR count). The van der Waals surface area contributed by atoms with Crippen LogP contribution in [0.1, 0.15) is 0 Å². The van der Waals surface area contributed by atoms with Gasteiger partial charge in [-0.2, -0.15) is 0 Å². The van der Waals surface area contributed by atoms with Gasteiger partial charge in [0.05, 0.1) is 0 Å². The molecule has 0 amide bonds.